The van der Waals surface area contributed by atoms with Gasteiger partial charge in [0.25, 0.3) is 0 Å². The van der Waals surface area contributed by atoms with Crippen LogP contribution in [0.15, 0.2) is 30.3 Å². The van der Waals surface area contributed by atoms with Crippen LogP contribution in [0.1, 0.15) is 24.2 Å². The number of rotatable bonds is 11. The third-order valence-corrected chi connectivity index (χ3v) is 3.63. The quantitative estimate of drug-likeness (QED) is 0.462. The maximum absolute atomic E-state index is 12.4. The third-order valence-electron chi connectivity index (χ3n) is 3.63. The number of carboxylic acid groups (broad SMARTS) is 2. The van der Waals surface area contributed by atoms with Gasteiger partial charge in [0.05, 0.1) is 12.8 Å². The summed E-state index contributed by atoms with van der Waals surface area (Å²) >= 11 is 0. The molecule has 2 rings (SSSR count). The summed E-state index contributed by atoms with van der Waals surface area (Å²) < 4.78 is 5.00. The van der Waals surface area contributed by atoms with Gasteiger partial charge in [-0.05, 0) is 10.8 Å². The topological polar surface area (TPSA) is 174 Å². The summed E-state index contributed by atoms with van der Waals surface area (Å²) in [5.74, 6) is -2.87. The van der Waals surface area contributed by atoms with Gasteiger partial charge in [-0.2, -0.15) is 4.80 Å². The van der Waals surface area contributed by atoms with E-state index < -0.39 is 42.8 Å². The van der Waals surface area contributed by atoms with Crippen LogP contribution in [0.25, 0.3) is 0 Å². The molecule has 12 heteroatoms. The number of nitrogens with one attached hydrogen (secondary N) is 1. The molecule has 154 valence electrons. The van der Waals surface area contributed by atoms with E-state index in [1.165, 1.54) is 0 Å². The lowest BCUT2D eigenvalue weighted by Gasteiger charge is -2.15. The number of nitrogens with zero attached hydrogens (tertiary/aromatic N) is 4. The number of carbonyl (C=O) groups excluding carboxylic acids is 2. The van der Waals surface area contributed by atoms with Gasteiger partial charge in [-0.15, -0.1) is 10.2 Å². The van der Waals surface area contributed by atoms with Gasteiger partial charge in [0.2, 0.25) is 0 Å². The summed E-state index contributed by atoms with van der Waals surface area (Å²) in [6.07, 6.45) is -1.76. The van der Waals surface area contributed by atoms with E-state index >= 15 is 0 Å². The molecule has 1 unspecified atom stereocenters. The fraction of sp³-hybridized carbons (Fsp3) is 0.353. The van der Waals surface area contributed by atoms with Crippen molar-refractivity contribution in [3.05, 3.63) is 41.7 Å². The van der Waals surface area contributed by atoms with E-state index in [0.29, 0.717) is 0 Å². The fourth-order valence-electron chi connectivity index (χ4n) is 2.24. The molecule has 1 atom stereocenters. The van der Waals surface area contributed by atoms with E-state index in [4.69, 9.17) is 14.9 Å². The number of ketones is 1. The number of benzene rings is 1. The van der Waals surface area contributed by atoms with Crippen molar-refractivity contribution in [2.24, 2.45) is 0 Å². The molecule has 0 radical (unpaired) electrons. The lowest BCUT2D eigenvalue weighted by atomic mass is 10.1. The Bertz CT molecular complexity index is 868. The van der Waals surface area contributed by atoms with E-state index in [9.17, 15) is 19.2 Å². The van der Waals surface area contributed by atoms with Crippen LogP contribution in [0.3, 0.4) is 0 Å². The summed E-state index contributed by atoms with van der Waals surface area (Å²) in [4.78, 5) is 46.8. The van der Waals surface area contributed by atoms with Gasteiger partial charge in [0.15, 0.2) is 11.6 Å². The Balaban J connectivity index is 1.92. The number of aryl methyl sites for hydroxylation is 1. The first-order valence-corrected chi connectivity index (χ1v) is 8.53. The molecule has 12 nitrogen and oxygen atoms in total. The number of aromatic nitrogens is 4. The van der Waals surface area contributed by atoms with E-state index in [1.54, 1.807) is 30.3 Å². The largest absolute Gasteiger partial charge is 0.481 e. The minimum absolute atomic E-state index is 0.0339. The molecule has 0 bridgehead atoms. The van der Waals surface area contributed by atoms with Crippen LogP contribution < -0.4 is 5.32 Å². The zero-order valence-electron chi connectivity index (χ0n) is 15.2. The minimum atomic E-state index is -1.36. The van der Waals surface area contributed by atoms with Gasteiger partial charge >= 0.3 is 18.0 Å². The van der Waals surface area contributed by atoms with Crippen LogP contribution in [0.5, 0.6) is 0 Å². The van der Waals surface area contributed by atoms with Gasteiger partial charge in [-0.25, -0.2) is 4.79 Å². The number of ether oxygens (including phenoxy) is 1. The maximum atomic E-state index is 12.4. The summed E-state index contributed by atoms with van der Waals surface area (Å²) in [7, 11) is 0. The second kappa shape index (κ2) is 10.5. The van der Waals surface area contributed by atoms with Crippen molar-refractivity contribution in [1.82, 2.24) is 25.5 Å². The standard InChI is InChI=1S/C17H19N5O7/c23-13(9-22-20-14(19-21-22)6-7-15(24)25)12(8-16(26)27)18-17(28)29-10-11-4-2-1-3-5-11/h1-5,12H,6-10H2,(H,18,28)(H,24,25)(H,26,27). The number of amides is 1. The van der Waals surface area contributed by atoms with Crippen LogP contribution in [0.4, 0.5) is 4.79 Å². The Morgan fingerprint density at radius 1 is 1.10 bits per heavy atom. The maximum Gasteiger partial charge on any atom is 0.408 e. The molecule has 29 heavy (non-hydrogen) atoms. The van der Waals surface area contributed by atoms with Gasteiger partial charge in [-0.3, -0.25) is 14.4 Å². The second-order valence-electron chi connectivity index (χ2n) is 5.95. The Morgan fingerprint density at radius 3 is 2.48 bits per heavy atom. The number of Topliss-reactive ketones (excluding diaryl/α,β-unsaturated/α-hetero) is 1. The molecule has 1 aromatic heterocycles. The van der Waals surface area contributed by atoms with E-state index in [2.05, 4.69) is 20.7 Å². The predicted molar refractivity (Wildman–Crippen MR) is 94.6 cm³/mol. The summed E-state index contributed by atoms with van der Waals surface area (Å²) in [5.41, 5.74) is 0.726. The molecule has 3 N–H and O–H groups in total. The molecule has 0 aliphatic heterocycles. The highest BCUT2D eigenvalue weighted by Crippen LogP contribution is 2.03. The zero-order chi connectivity index (χ0) is 21.2. The predicted octanol–water partition coefficient (Wildman–Crippen LogP) is 0.0291. The molecule has 1 aromatic carbocycles. The van der Waals surface area contributed by atoms with Crippen molar-refractivity contribution in [2.75, 3.05) is 0 Å². The van der Waals surface area contributed by atoms with Crippen LogP contribution >= 0.6 is 0 Å². The monoisotopic (exact) mass is 405 g/mol. The first kappa shape index (κ1) is 21.5. The molecule has 0 aliphatic rings. The van der Waals surface area contributed by atoms with Crippen LogP contribution in [-0.2, 0) is 38.7 Å². The molecule has 2 aromatic rings. The number of tetrazole rings is 1. The first-order valence-electron chi connectivity index (χ1n) is 8.53. The van der Waals surface area contributed by atoms with Crippen LogP contribution in [-0.4, -0.2) is 60.3 Å². The van der Waals surface area contributed by atoms with Crippen LogP contribution in [0, 0.1) is 0 Å². The zero-order valence-corrected chi connectivity index (χ0v) is 15.2. The van der Waals surface area contributed by atoms with Crippen molar-refractivity contribution in [3.63, 3.8) is 0 Å². The number of alkyl carbamates (subject to hydrolysis) is 1. The molecule has 0 saturated heterocycles. The Kier molecular flexibility index (Phi) is 7.77. The van der Waals surface area contributed by atoms with Gasteiger partial charge in [0.1, 0.15) is 19.2 Å². The molecular weight excluding hydrogens is 386 g/mol. The lowest BCUT2D eigenvalue weighted by Crippen LogP contribution is -2.44. The smallest absolute Gasteiger partial charge is 0.408 e. The number of aliphatic carboxylic acids is 2. The number of hydrogen-bond acceptors (Lipinski definition) is 8. The van der Waals surface area contributed by atoms with Crippen molar-refractivity contribution < 1.29 is 34.1 Å². The molecule has 0 aliphatic carbocycles. The highest BCUT2D eigenvalue weighted by atomic mass is 16.5. The Labute approximate surface area is 164 Å². The SMILES string of the molecule is O=C(O)CCc1nnn(CC(=O)C(CC(=O)O)NC(=O)OCc2ccccc2)n1. The molecule has 1 amide bonds. The van der Waals surface area contributed by atoms with Crippen molar-refractivity contribution >= 4 is 23.8 Å². The molecule has 0 spiro atoms. The highest BCUT2D eigenvalue weighted by Gasteiger charge is 2.25. The van der Waals surface area contributed by atoms with Crippen LogP contribution in [0.2, 0.25) is 0 Å². The number of carbonyl (C=O) groups is 4. The Hall–Kier alpha value is -3.83. The summed E-state index contributed by atoms with van der Waals surface area (Å²) in [6, 6.07) is 7.46. The molecular formula is C17H19N5O7. The summed E-state index contributed by atoms with van der Waals surface area (Å²) in [6.45, 7) is -0.491. The van der Waals surface area contributed by atoms with Gasteiger partial charge in [-0.1, -0.05) is 30.3 Å². The third kappa shape index (κ3) is 7.74. The highest BCUT2D eigenvalue weighted by molar-refractivity contribution is 5.90. The van der Waals surface area contributed by atoms with E-state index in [0.717, 1.165) is 10.4 Å². The van der Waals surface area contributed by atoms with Gasteiger partial charge in [0, 0.05) is 6.42 Å². The summed E-state index contributed by atoms with van der Waals surface area (Å²) in [5, 5.41) is 31.0. The second-order valence-corrected chi connectivity index (χ2v) is 5.95. The first-order chi connectivity index (χ1) is 13.8. The number of hydrogen-bond donors (Lipinski definition) is 3. The fourth-order valence-corrected chi connectivity index (χ4v) is 2.24. The minimum Gasteiger partial charge on any atom is -0.481 e. The van der Waals surface area contributed by atoms with E-state index in [1.807, 2.05) is 0 Å². The molecule has 1 heterocycles. The van der Waals surface area contributed by atoms with Crippen molar-refractivity contribution in [3.8, 4) is 0 Å². The molecule has 0 saturated carbocycles. The molecule has 0 fully saturated rings. The van der Waals surface area contributed by atoms with Crippen molar-refractivity contribution in [2.45, 2.75) is 38.5 Å². The van der Waals surface area contributed by atoms with Crippen molar-refractivity contribution in [1.29, 1.82) is 0 Å². The van der Waals surface area contributed by atoms with Gasteiger partial charge < -0.3 is 20.3 Å². The number of carboxylic acids is 2. The average molecular weight is 405 g/mol. The Morgan fingerprint density at radius 2 is 1.83 bits per heavy atom. The average Bonchev–Trinajstić information content (AvgIpc) is 3.12. The lowest BCUT2D eigenvalue weighted by molar-refractivity contribution is -0.139. The normalized spacial score (nSPS) is 11.4. The van der Waals surface area contributed by atoms with E-state index in [-0.39, 0.29) is 25.3 Å².